The number of rotatable bonds is 8. The van der Waals surface area contributed by atoms with Crippen molar-refractivity contribution in [2.24, 2.45) is 11.8 Å². The molecule has 2 N–H and O–H groups in total. The van der Waals surface area contributed by atoms with Crippen LogP contribution in [-0.2, 0) is 5.54 Å². The van der Waals surface area contributed by atoms with Gasteiger partial charge >= 0.3 is 6.18 Å². The molecule has 2 aromatic rings. The number of anilines is 1. The number of carbonyl (C=O) groups excluding carboxylic acids is 1. The van der Waals surface area contributed by atoms with Crippen molar-refractivity contribution in [3.8, 4) is 0 Å². The van der Waals surface area contributed by atoms with E-state index in [1.165, 1.54) is 0 Å². The number of benzene rings is 1. The lowest BCUT2D eigenvalue weighted by Gasteiger charge is -2.25. The van der Waals surface area contributed by atoms with E-state index in [2.05, 4.69) is 10.2 Å². The highest BCUT2D eigenvalue weighted by atomic mass is 19.4. The average molecular weight is 564 g/mol. The van der Waals surface area contributed by atoms with E-state index in [9.17, 15) is 44.7 Å². The van der Waals surface area contributed by atoms with E-state index in [1.54, 1.807) is 5.32 Å². The molecule has 4 atom stereocenters. The molecule has 1 saturated heterocycles. The standard InChI is InChI=1S/C25H24F8N4O2/c1-36-8-13-14(9-36)19(13)34-16-7-17(38)37(24(5-6-24)23(29)30)10-15(16)22(39)35-20(25(31,32)33)11-3-2-4-12(18(11)26)21(27)28/h2-4,7,10,13-14,19-21,23,34H,5-6,8-9H2,1H3,(H,35,39)/t13-,14+,19-,20-/m0/s1. The maximum atomic E-state index is 14.7. The van der Waals surface area contributed by atoms with E-state index in [0.29, 0.717) is 29.8 Å². The zero-order chi connectivity index (χ0) is 28.4. The number of halogens is 8. The van der Waals surface area contributed by atoms with Crippen molar-refractivity contribution < 1.29 is 39.9 Å². The number of fused-ring (bicyclic) bond motifs is 1. The number of nitrogens with one attached hydrogen (secondary N) is 2. The lowest BCUT2D eigenvalue weighted by atomic mass is 10.0. The second-order valence-corrected chi connectivity index (χ2v) is 10.4. The Hall–Kier alpha value is -3.16. The Morgan fingerprint density at radius 1 is 1.08 bits per heavy atom. The van der Waals surface area contributed by atoms with Crippen LogP contribution in [0.25, 0.3) is 0 Å². The minimum Gasteiger partial charge on any atom is -0.381 e. The van der Waals surface area contributed by atoms with Crippen molar-refractivity contribution in [1.29, 1.82) is 0 Å². The molecule has 1 aromatic carbocycles. The number of amides is 1. The molecule has 39 heavy (non-hydrogen) atoms. The number of aromatic nitrogens is 1. The fourth-order valence-electron chi connectivity index (χ4n) is 5.51. The van der Waals surface area contributed by atoms with Crippen molar-refractivity contribution in [3.63, 3.8) is 0 Å². The molecular formula is C25H24F8N4O2. The van der Waals surface area contributed by atoms with E-state index in [1.807, 2.05) is 7.05 Å². The fourth-order valence-corrected chi connectivity index (χ4v) is 5.51. The summed E-state index contributed by atoms with van der Waals surface area (Å²) in [5.41, 5.74) is -5.93. The molecule has 5 rings (SSSR count). The van der Waals surface area contributed by atoms with E-state index >= 15 is 0 Å². The Kier molecular flexibility index (Phi) is 6.67. The number of pyridine rings is 1. The van der Waals surface area contributed by atoms with Gasteiger partial charge in [-0.05, 0) is 31.7 Å². The molecule has 1 aromatic heterocycles. The van der Waals surface area contributed by atoms with E-state index < -0.39 is 64.6 Å². The van der Waals surface area contributed by atoms with Crippen LogP contribution in [0.4, 0.5) is 40.8 Å². The number of nitrogens with zero attached hydrogens (tertiary/aromatic N) is 2. The molecule has 212 valence electrons. The van der Waals surface area contributed by atoms with Gasteiger partial charge in [0, 0.05) is 37.0 Å². The maximum Gasteiger partial charge on any atom is 0.412 e. The topological polar surface area (TPSA) is 66.4 Å². The van der Waals surface area contributed by atoms with Crippen LogP contribution in [0.1, 0.15) is 46.8 Å². The largest absolute Gasteiger partial charge is 0.412 e. The maximum absolute atomic E-state index is 14.7. The second-order valence-electron chi connectivity index (χ2n) is 10.4. The summed E-state index contributed by atoms with van der Waals surface area (Å²) in [5, 5.41) is 4.64. The summed E-state index contributed by atoms with van der Waals surface area (Å²) in [6, 6.07) is -0.268. The average Bonchev–Trinajstić information content (AvgIpc) is 3.72. The molecule has 2 aliphatic carbocycles. The molecule has 1 amide bonds. The van der Waals surface area contributed by atoms with Crippen molar-refractivity contribution in [1.82, 2.24) is 14.8 Å². The lowest BCUT2D eigenvalue weighted by molar-refractivity contribution is -0.155. The van der Waals surface area contributed by atoms with Gasteiger partial charge in [0.2, 0.25) is 0 Å². The molecule has 14 heteroatoms. The summed E-state index contributed by atoms with van der Waals surface area (Å²) in [6.07, 6.45) is -11.0. The van der Waals surface area contributed by atoms with Gasteiger partial charge in [0.15, 0.2) is 6.04 Å². The van der Waals surface area contributed by atoms with Gasteiger partial charge in [0.25, 0.3) is 24.3 Å². The van der Waals surface area contributed by atoms with Gasteiger partial charge < -0.3 is 20.1 Å². The van der Waals surface area contributed by atoms with E-state index in [0.717, 1.165) is 18.3 Å². The third-order valence-electron chi connectivity index (χ3n) is 7.85. The minimum absolute atomic E-state index is 0.0751. The number of likely N-dealkylation sites (tertiary alicyclic amines) is 1. The van der Waals surface area contributed by atoms with Crippen LogP contribution in [0.15, 0.2) is 35.3 Å². The van der Waals surface area contributed by atoms with Crippen LogP contribution < -0.4 is 16.2 Å². The summed E-state index contributed by atoms with van der Waals surface area (Å²) >= 11 is 0. The Balaban J connectivity index is 1.52. The predicted octanol–water partition coefficient (Wildman–Crippen LogP) is 4.68. The summed E-state index contributed by atoms with van der Waals surface area (Å²) < 4.78 is 111. The van der Waals surface area contributed by atoms with E-state index in [-0.39, 0.29) is 36.4 Å². The Morgan fingerprint density at radius 2 is 1.69 bits per heavy atom. The highest BCUT2D eigenvalue weighted by molar-refractivity contribution is 5.99. The zero-order valence-corrected chi connectivity index (χ0v) is 20.4. The van der Waals surface area contributed by atoms with Crippen LogP contribution in [0.3, 0.4) is 0 Å². The van der Waals surface area contributed by atoms with Crippen molar-refractivity contribution in [3.05, 3.63) is 63.3 Å². The van der Waals surface area contributed by atoms with E-state index in [4.69, 9.17) is 0 Å². The summed E-state index contributed by atoms with van der Waals surface area (Å²) in [7, 11) is 1.90. The molecule has 0 radical (unpaired) electrons. The first-order valence-electron chi connectivity index (χ1n) is 12.2. The monoisotopic (exact) mass is 564 g/mol. The van der Waals surface area contributed by atoms with Gasteiger partial charge in [-0.3, -0.25) is 9.59 Å². The second kappa shape index (κ2) is 9.49. The minimum atomic E-state index is -5.31. The van der Waals surface area contributed by atoms with Gasteiger partial charge in [-0.2, -0.15) is 13.2 Å². The van der Waals surface area contributed by atoms with Crippen molar-refractivity contribution in [2.75, 3.05) is 25.5 Å². The summed E-state index contributed by atoms with van der Waals surface area (Å²) in [5.74, 6) is -2.94. The molecule has 1 aliphatic heterocycles. The first-order chi connectivity index (χ1) is 18.2. The Labute approximate surface area is 217 Å². The molecule has 0 unspecified atom stereocenters. The first-order valence-corrected chi connectivity index (χ1v) is 12.2. The lowest BCUT2D eigenvalue weighted by Crippen LogP contribution is -2.41. The number of hydrogen-bond acceptors (Lipinski definition) is 4. The SMILES string of the molecule is CN1C[C@@H]2[C@H](C1)[C@@H]2Nc1cc(=O)n(C2(C(F)F)CC2)cc1C(=O)N[C@@H](c1cccc(C(F)F)c1F)C(F)(F)F. The van der Waals surface area contributed by atoms with Crippen LogP contribution in [0.2, 0.25) is 0 Å². The van der Waals surface area contributed by atoms with Crippen LogP contribution in [0.5, 0.6) is 0 Å². The number of hydrogen-bond donors (Lipinski definition) is 2. The van der Waals surface area contributed by atoms with Crippen molar-refractivity contribution >= 4 is 11.6 Å². The molecule has 2 saturated carbocycles. The van der Waals surface area contributed by atoms with Gasteiger partial charge in [-0.1, -0.05) is 18.2 Å². The van der Waals surface area contributed by atoms with Gasteiger partial charge in [-0.25, -0.2) is 22.0 Å². The fraction of sp³-hybridized carbons (Fsp3) is 0.520. The van der Waals surface area contributed by atoms with Crippen LogP contribution >= 0.6 is 0 Å². The number of piperidine rings is 1. The molecule has 0 bridgehead atoms. The molecule has 2 heterocycles. The predicted molar refractivity (Wildman–Crippen MR) is 123 cm³/mol. The van der Waals surface area contributed by atoms with Crippen LogP contribution in [-0.4, -0.2) is 54.2 Å². The van der Waals surface area contributed by atoms with Crippen LogP contribution in [0, 0.1) is 17.7 Å². The molecule has 3 fully saturated rings. The highest BCUT2D eigenvalue weighted by Gasteiger charge is 2.56. The van der Waals surface area contributed by atoms with Gasteiger partial charge in [0.05, 0.1) is 16.8 Å². The highest BCUT2D eigenvalue weighted by Crippen LogP contribution is 2.49. The molecule has 6 nitrogen and oxygen atoms in total. The van der Waals surface area contributed by atoms with Gasteiger partial charge in [0.1, 0.15) is 11.4 Å². The normalized spacial score (nSPS) is 24.5. The first kappa shape index (κ1) is 27.4. The zero-order valence-electron chi connectivity index (χ0n) is 20.4. The third-order valence-corrected chi connectivity index (χ3v) is 7.85. The molecule has 3 aliphatic rings. The Morgan fingerprint density at radius 3 is 2.23 bits per heavy atom. The number of alkyl halides is 7. The molecule has 0 spiro atoms. The third kappa shape index (κ3) is 4.87. The quantitative estimate of drug-likeness (QED) is 0.457. The van der Waals surface area contributed by atoms with Crippen molar-refractivity contribution in [2.45, 2.75) is 49.5 Å². The molecular weight excluding hydrogens is 540 g/mol. The summed E-state index contributed by atoms with van der Waals surface area (Å²) in [4.78, 5) is 28.1. The Bertz CT molecular complexity index is 1330. The smallest absolute Gasteiger partial charge is 0.381 e. The van der Waals surface area contributed by atoms with Gasteiger partial charge in [-0.15, -0.1) is 0 Å². The summed E-state index contributed by atoms with van der Waals surface area (Å²) in [6.45, 7) is 1.43. The number of carbonyl (C=O) groups is 1.